The highest BCUT2D eigenvalue weighted by molar-refractivity contribution is 5.76. The van der Waals surface area contributed by atoms with E-state index in [0.29, 0.717) is 19.4 Å². The number of amides is 1. The first-order valence-electron chi connectivity index (χ1n) is 7.94. The average molecular weight is 310 g/mol. The predicted octanol–water partition coefficient (Wildman–Crippen LogP) is 3.80. The first-order valence-corrected chi connectivity index (χ1v) is 7.94. The summed E-state index contributed by atoms with van der Waals surface area (Å²) in [6.45, 7) is 4.81. The molecule has 1 amide bonds. The number of hydrogen-bond donors (Lipinski definition) is 2. The summed E-state index contributed by atoms with van der Waals surface area (Å²) in [6.07, 6.45) is 2.10. The van der Waals surface area contributed by atoms with Crippen molar-refractivity contribution in [2.45, 2.75) is 39.7 Å². The van der Waals surface area contributed by atoms with Gasteiger partial charge in [-0.3, -0.25) is 4.79 Å². The second-order valence-corrected chi connectivity index (χ2v) is 6.15. The fourth-order valence-corrected chi connectivity index (χ4v) is 2.47. The summed E-state index contributed by atoms with van der Waals surface area (Å²) in [4.78, 5) is 12.0. The molecule has 0 aliphatic rings. The van der Waals surface area contributed by atoms with Crippen LogP contribution in [0.5, 0.6) is 5.75 Å². The van der Waals surface area contributed by atoms with Gasteiger partial charge in [-0.25, -0.2) is 0 Å². The zero-order valence-corrected chi connectivity index (χ0v) is 13.8. The molecule has 121 valence electrons. The fraction of sp³-hybridized carbons (Fsp3) is 0.300. The van der Waals surface area contributed by atoms with Crippen molar-refractivity contribution in [3.63, 3.8) is 0 Å². The van der Waals surface area contributed by atoms with Crippen LogP contribution in [0.25, 0.3) is 0 Å². The number of aryl methyl sites for hydroxylation is 1. The van der Waals surface area contributed by atoms with Crippen LogP contribution in [-0.4, -0.2) is 11.0 Å². The number of rotatable bonds is 7. The van der Waals surface area contributed by atoms with Crippen LogP contribution in [0.15, 0.2) is 48.5 Å². The molecule has 3 nitrogen and oxygen atoms in total. The number of phenolic OH excluding ortho intramolecular Hbond substituents is 1. The molecule has 0 aliphatic heterocycles. The minimum Gasteiger partial charge on any atom is -0.508 e. The summed E-state index contributed by atoms with van der Waals surface area (Å²) in [5.74, 6) is 1.67. The highest BCUT2D eigenvalue weighted by Gasteiger charge is 2.04. The van der Waals surface area contributed by atoms with Gasteiger partial charge in [-0.1, -0.05) is 50.2 Å². The lowest BCUT2D eigenvalue weighted by Crippen LogP contribution is -2.23. The molecule has 2 rings (SSSR count). The fourth-order valence-electron chi connectivity index (χ4n) is 2.47. The molecule has 2 aromatic rings. The standard InChI is InChI=1S/C20H24NO2/c1-15(2)12-17-4-3-5-18(13-17)14-21-20(23)11-8-16-6-9-19(22)10-7-16/h3-7,9-10,13,22H,8,11-12,14H2,1-2H3,(H,21,23). The second kappa shape index (κ2) is 8.37. The van der Waals surface area contributed by atoms with Crippen molar-refractivity contribution in [3.05, 3.63) is 71.1 Å². The lowest BCUT2D eigenvalue weighted by atomic mass is 10.0. The Morgan fingerprint density at radius 1 is 1.00 bits per heavy atom. The third-order valence-corrected chi connectivity index (χ3v) is 3.62. The maximum Gasteiger partial charge on any atom is 0.220 e. The smallest absolute Gasteiger partial charge is 0.220 e. The van der Waals surface area contributed by atoms with Crippen molar-refractivity contribution >= 4 is 5.91 Å². The van der Waals surface area contributed by atoms with Crippen LogP contribution in [0.1, 0.15) is 37.0 Å². The summed E-state index contributed by atoms with van der Waals surface area (Å²) >= 11 is 0. The molecule has 0 bridgehead atoms. The summed E-state index contributed by atoms with van der Waals surface area (Å²) in [6, 6.07) is 15.3. The van der Waals surface area contributed by atoms with Crippen LogP contribution in [0.2, 0.25) is 0 Å². The Kier molecular flexibility index (Phi) is 6.21. The Hall–Kier alpha value is -2.29. The first-order chi connectivity index (χ1) is 11.0. The monoisotopic (exact) mass is 310 g/mol. The Labute approximate surface area is 138 Å². The largest absolute Gasteiger partial charge is 0.508 e. The molecule has 0 spiro atoms. The van der Waals surface area contributed by atoms with E-state index in [1.807, 2.05) is 24.3 Å². The SMILES string of the molecule is C[C](C)Cc1cccc(CNC(=O)CCc2ccc(O)cc2)c1. The maximum absolute atomic E-state index is 12.0. The van der Waals surface area contributed by atoms with Gasteiger partial charge in [-0.15, -0.1) is 0 Å². The first kappa shape index (κ1) is 17.1. The summed E-state index contributed by atoms with van der Waals surface area (Å²) < 4.78 is 0. The zero-order valence-electron chi connectivity index (χ0n) is 13.8. The minimum atomic E-state index is 0.0433. The summed E-state index contributed by atoms with van der Waals surface area (Å²) in [5, 5.41) is 12.2. The van der Waals surface area contributed by atoms with Crippen molar-refractivity contribution in [1.29, 1.82) is 0 Å². The van der Waals surface area contributed by atoms with Crippen LogP contribution >= 0.6 is 0 Å². The Morgan fingerprint density at radius 3 is 2.39 bits per heavy atom. The van der Waals surface area contributed by atoms with Crippen LogP contribution in [0.4, 0.5) is 0 Å². The maximum atomic E-state index is 12.0. The molecule has 2 N–H and O–H groups in total. The highest BCUT2D eigenvalue weighted by atomic mass is 16.3. The van der Waals surface area contributed by atoms with Crippen molar-refractivity contribution < 1.29 is 9.90 Å². The van der Waals surface area contributed by atoms with Gasteiger partial charge in [-0.05, 0) is 47.6 Å². The summed E-state index contributed by atoms with van der Waals surface area (Å²) in [5.41, 5.74) is 3.46. The van der Waals surface area contributed by atoms with E-state index >= 15 is 0 Å². The van der Waals surface area contributed by atoms with E-state index < -0.39 is 0 Å². The van der Waals surface area contributed by atoms with Gasteiger partial charge in [-0.2, -0.15) is 0 Å². The number of phenols is 1. The van der Waals surface area contributed by atoms with E-state index in [2.05, 4.69) is 31.3 Å². The van der Waals surface area contributed by atoms with Gasteiger partial charge in [0, 0.05) is 13.0 Å². The van der Waals surface area contributed by atoms with Gasteiger partial charge < -0.3 is 10.4 Å². The van der Waals surface area contributed by atoms with Gasteiger partial charge in [0.05, 0.1) is 0 Å². The second-order valence-electron chi connectivity index (χ2n) is 6.15. The van der Waals surface area contributed by atoms with Gasteiger partial charge in [0.1, 0.15) is 5.75 Å². The van der Waals surface area contributed by atoms with E-state index in [1.54, 1.807) is 12.1 Å². The minimum absolute atomic E-state index is 0.0433. The molecular formula is C20H24NO2. The van der Waals surface area contributed by atoms with E-state index in [-0.39, 0.29) is 11.7 Å². The molecule has 23 heavy (non-hydrogen) atoms. The van der Waals surface area contributed by atoms with Gasteiger partial charge >= 0.3 is 0 Å². The normalized spacial score (nSPS) is 10.7. The molecule has 2 aromatic carbocycles. The molecule has 0 heterocycles. The molecule has 0 unspecified atom stereocenters. The average Bonchev–Trinajstić information content (AvgIpc) is 2.52. The van der Waals surface area contributed by atoms with Gasteiger partial charge in [0.2, 0.25) is 5.91 Å². The van der Waals surface area contributed by atoms with Gasteiger partial charge in [0.15, 0.2) is 0 Å². The molecular weight excluding hydrogens is 286 g/mol. The van der Waals surface area contributed by atoms with E-state index in [0.717, 1.165) is 17.5 Å². The molecule has 1 radical (unpaired) electrons. The number of carbonyl (C=O) groups excluding carboxylic acids is 1. The molecule has 3 heteroatoms. The Bertz CT molecular complexity index is 632. The van der Waals surface area contributed by atoms with Crippen LogP contribution in [0.3, 0.4) is 0 Å². The molecule has 0 saturated heterocycles. The summed E-state index contributed by atoms with van der Waals surface area (Å²) in [7, 11) is 0. The third kappa shape index (κ3) is 6.15. The Balaban J connectivity index is 1.78. The van der Waals surface area contributed by atoms with Crippen molar-refractivity contribution in [2.75, 3.05) is 0 Å². The number of nitrogens with one attached hydrogen (secondary N) is 1. The van der Waals surface area contributed by atoms with Crippen molar-refractivity contribution in [3.8, 4) is 5.75 Å². The van der Waals surface area contributed by atoms with Gasteiger partial charge in [0.25, 0.3) is 0 Å². The molecule has 0 aliphatic carbocycles. The lowest BCUT2D eigenvalue weighted by molar-refractivity contribution is -0.121. The van der Waals surface area contributed by atoms with E-state index in [1.165, 1.54) is 11.5 Å². The highest BCUT2D eigenvalue weighted by Crippen LogP contribution is 2.12. The van der Waals surface area contributed by atoms with Crippen LogP contribution < -0.4 is 5.32 Å². The number of benzene rings is 2. The van der Waals surface area contributed by atoms with Crippen molar-refractivity contribution in [1.82, 2.24) is 5.32 Å². The van der Waals surface area contributed by atoms with Crippen LogP contribution in [0, 0.1) is 5.92 Å². The van der Waals surface area contributed by atoms with E-state index in [9.17, 15) is 9.90 Å². The lowest BCUT2D eigenvalue weighted by Gasteiger charge is -2.09. The third-order valence-electron chi connectivity index (χ3n) is 3.62. The molecule has 0 aromatic heterocycles. The number of carbonyl (C=O) groups is 1. The van der Waals surface area contributed by atoms with Crippen molar-refractivity contribution in [2.24, 2.45) is 0 Å². The molecule has 0 fully saturated rings. The topological polar surface area (TPSA) is 49.3 Å². The van der Waals surface area contributed by atoms with E-state index in [4.69, 9.17) is 0 Å². The Morgan fingerprint density at radius 2 is 1.70 bits per heavy atom. The number of aromatic hydroxyl groups is 1. The number of hydrogen-bond acceptors (Lipinski definition) is 2. The van der Waals surface area contributed by atoms with Crippen LogP contribution in [-0.2, 0) is 24.2 Å². The zero-order chi connectivity index (χ0) is 16.7. The molecule has 0 saturated carbocycles. The molecule has 0 atom stereocenters. The quantitative estimate of drug-likeness (QED) is 0.817. The predicted molar refractivity (Wildman–Crippen MR) is 93.0 cm³/mol.